The molecule has 0 spiro atoms. The molecule has 0 fully saturated rings. The minimum absolute atomic E-state index is 0.188. The molecule has 0 aliphatic rings. The highest BCUT2D eigenvalue weighted by atomic mass is 19.4. The molecule has 0 atom stereocenters. The Hall–Kier alpha value is -3.10. The topological polar surface area (TPSA) is 81.2 Å². The second-order valence-corrected chi connectivity index (χ2v) is 4.48. The Morgan fingerprint density at radius 1 is 1.17 bits per heavy atom. The zero-order valence-electron chi connectivity index (χ0n) is 12.4. The number of aromatic nitrogens is 2. The summed E-state index contributed by atoms with van der Waals surface area (Å²) >= 11 is 0. The Balaban J connectivity index is 0.000000368. The lowest BCUT2D eigenvalue weighted by molar-refractivity contribution is -0.110. The average molecular weight is 339 g/mol. The van der Waals surface area contributed by atoms with Gasteiger partial charge < -0.3 is 8.94 Å². The molecule has 126 valence electrons. The van der Waals surface area contributed by atoms with E-state index in [1.807, 2.05) is 30.3 Å². The molecule has 24 heavy (non-hydrogen) atoms. The highest BCUT2D eigenvalue weighted by molar-refractivity contribution is 5.80. The van der Waals surface area contributed by atoms with Gasteiger partial charge in [0.25, 0.3) is 5.89 Å². The highest BCUT2D eigenvalue weighted by Gasteiger charge is 2.18. The maximum absolute atomic E-state index is 10.6. The number of nitrogens with zero attached hydrogens (tertiary/aromatic N) is 2. The van der Waals surface area contributed by atoms with Crippen LogP contribution in [-0.2, 0) is 4.79 Å². The Kier molecular flexibility index (Phi) is 5.35. The molecule has 0 bridgehead atoms. The molecule has 1 amide bonds. The molecule has 0 radical (unpaired) electrons. The number of carbonyl (C=O) groups is 1. The number of halogens is 3. The maximum Gasteiger partial charge on any atom is 0.386 e. The van der Waals surface area contributed by atoms with E-state index < -0.39 is 6.18 Å². The Labute approximate surface area is 134 Å². The molecule has 1 aromatic carbocycles. The summed E-state index contributed by atoms with van der Waals surface area (Å²) in [4.78, 5) is 14.9. The lowest BCUT2D eigenvalue weighted by Crippen LogP contribution is -1.95. The van der Waals surface area contributed by atoms with E-state index in [-0.39, 0.29) is 18.7 Å². The molecule has 2 heterocycles. The van der Waals surface area contributed by atoms with Gasteiger partial charge in [0.1, 0.15) is 5.69 Å². The van der Waals surface area contributed by atoms with E-state index >= 15 is 0 Å². The number of carbonyl (C=O) groups excluding carboxylic acids is 1. The van der Waals surface area contributed by atoms with Crippen molar-refractivity contribution < 1.29 is 26.9 Å². The fourth-order valence-corrected chi connectivity index (χ4v) is 1.69. The Morgan fingerprint density at radius 3 is 2.38 bits per heavy atom. The molecule has 3 aromatic rings. The van der Waals surface area contributed by atoms with Crippen LogP contribution < -0.4 is 5.32 Å². The minimum atomic E-state index is -4.00. The molecule has 0 unspecified atom stereocenters. The van der Waals surface area contributed by atoms with Crippen LogP contribution in [0.4, 0.5) is 19.1 Å². The second-order valence-electron chi connectivity index (χ2n) is 4.48. The predicted molar refractivity (Wildman–Crippen MR) is 78.9 cm³/mol. The number of hydrogen-bond acceptors (Lipinski definition) is 5. The van der Waals surface area contributed by atoms with Crippen molar-refractivity contribution in [1.82, 2.24) is 10.1 Å². The van der Waals surface area contributed by atoms with E-state index in [1.165, 1.54) is 6.20 Å². The molecule has 0 aliphatic carbocycles. The van der Waals surface area contributed by atoms with E-state index in [9.17, 15) is 18.0 Å². The molecule has 1 N–H and O–H groups in total. The van der Waals surface area contributed by atoms with Gasteiger partial charge in [-0.25, -0.2) is 4.98 Å². The summed E-state index contributed by atoms with van der Waals surface area (Å²) in [5.74, 6) is 0.935. The smallest absolute Gasteiger partial charge is 0.386 e. The standard InChI is InChI=1S/C13H9N3O3.C2H3F3/c17-8-14-13-11(9-4-2-1-3-5-9)16-12(18-13)10-6-7-15-19-10;1-2(3,4)5/h1-8H,(H,14,17);1H3. The van der Waals surface area contributed by atoms with Crippen LogP contribution in [0.25, 0.3) is 22.9 Å². The first-order chi connectivity index (χ1) is 11.4. The van der Waals surface area contributed by atoms with E-state index in [2.05, 4.69) is 15.5 Å². The van der Waals surface area contributed by atoms with Gasteiger partial charge in [0.05, 0.1) is 6.20 Å². The number of nitrogens with one attached hydrogen (secondary N) is 1. The third kappa shape index (κ3) is 4.97. The Bertz CT molecular complexity index is 762. The summed E-state index contributed by atoms with van der Waals surface area (Å²) < 4.78 is 41.5. The van der Waals surface area contributed by atoms with Crippen molar-refractivity contribution in [2.24, 2.45) is 0 Å². The maximum atomic E-state index is 10.6. The van der Waals surface area contributed by atoms with Gasteiger partial charge in [0.15, 0.2) is 0 Å². The predicted octanol–water partition coefficient (Wildman–Crippen LogP) is 4.13. The van der Waals surface area contributed by atoms with Gasteiger partial charge in [-0.2, -0.15) is 13.2 Å². The molecule has 0 saturated heterocycles. The largest absolute Gasteiger partial charge is 0.416 e. The number of oxazole rings is 1. The van der Waals surface area contributed by atoms with Crippen LogP contribution in [0, 0.1) is 0 Å². The number of hydrogen-bond donors (Lipinski definition) is 1. The molecule has 0 saturated carbocycles. The SMILES string of the molecule is CC(F)(F)F.O=CNc1oc(-c2ccno2)nc1-c1ccccc1. The van der Waals surface area contributed by atoms with Crippen LogP contribution in [0.2, 0.25) is 0 Å². The number of benzene rings is 1. The molecule has 0 aliphatic heterocycles. The molecule has 2 aromatic heterocycles. The van der Waals surface area contributed by atoms with Gasteiger partial charge in [-0.15, -0.1) is 0 Å². The zero-order chi connectivity index (χ0) is 17.6. The summed E-state index contributed by atoms with van der Waals surface area (Å²) in [5, 5.41) is 6.08. The average Bonchev–Trinajstić information content (AvgIpc) is 3.15. The van der Waals surface area contributed by atoms with Crippen LogP contribution in [0.5, 0.6) is 0 Å². The van der Waals surface area contributed by atoms with Crippen molar-refractivity contribution >= 4 is 12.3 Å². The molecular formula is C15H12F3N3O3. The summed E-state index contributed by atoms with van der Waals surface area (Å²) in [6.07, 6.45) is -1.97. The van der Waals surface area contributed by atoms with Crippen molar-refractivity contribution in [1.29, 1.82) is 0 Å². The molecule has 6 nitrogen and oxygen atoms in total. The van der Waals surface area contributed by atoms with Crippen LogP contribution in [0.1, 0.15) is 6.92 Å². The third-order valence-corrected chi connectivity index (χ3v) is 2.51. The van der Waals surface area contributed by atoms with E-state index in [0.717, 1.165) is 5.56 Å². The lowest BCUT2D eigenvalue weighted by atomic mass is 10.1. The highest BCUT2D eigenvalue weighted by Crippen LogP contribution is 2.32. The van der Waals surface area contributed by atoms with Gasteiger partial charge in [0, 0.05) is 18.6 Å². The minimum Gasteiger partial charge on any atom is -0.416 e. The number of alkyl halides is 3. The van der Waals surface area contributed by atoms with Crippen molar-refractivity contribution in [3.05, 3.63) is 42.6 Å². The van der Waals surface area contributed by atoms with E-state index in [0.29, 0.717) is 17.9 Å². The fraction of sp³-hybridized carbons (Fsp3) is 0.133. The summed E-state index contributed by atoms with van der Waals surface area (Å²) in [7, 11) is 0. The molecule has 9 heteroatoms. The van der Waals surface area contributed by atoms with Crippen molar-refractivity contribution in [3.8, 4) is 22.9 Å². The molecule has 3 rings (SSSR count). The quantitative estimate of drug-likeness (QED) is 0.723. The first-order valence-corrected chi connectivity index (χ1v) is 6.62. The van der Waals surface area contributed by atoms with Gasteiger partial charge in [-0.3, -0.25) is 10.1 Å². The number of amides is 1. The number of anilines is 1. The first kappa shape index (κ1) is 17.3. The second kappa shape index (κ2) is 7.44. The van der Waals surface area contributed by atoms with E-state index in [1.54, 1.807) is 6.07 Å². The van der Waals surface area contributed by atoms with Gasteiger partial charge in [0.2, 0.25) is 18.1 Å². The Morgan fingerprint density at radius 2 is 1.83 bits per heavy atom. The van der Waals surface area contributed by atoms with E-state index in [4.69, 9.17) is 8.94 Å². The number of rotatable bonds is 4. The van der Waals surface area contributed by atoms with Crippen LogP contribution in [-0.4, -0.2) is 22.7 Å². The summed E-state index contributed by atoms with van der Waals surface area (Å²) in [6.45, 7) is 0.188. The van der Waals surface area contributed by atoms with Crippen LogP contribution in [0.3, 0.4) is 0 Å². The fourth-order valence-electron chi connectivity index (χ4n) is 1.69. The lowest BCUT2D eigenvalue weighted by Gasteiger charge is -1.97. The summed E-state index contributed by atoms with van der Waals surface area (Å²) in [6, 6.07) is 11.0. The monoisotopic (exact) mass is 339 g/mol. The molecular weight excluding hydrogens is 327 g/mol. The first-order valence-electron chi connectivity index (χ1n) is 6.62. The van der Waals surface area contributed by atoms with Gasteiger partial charge >= 0.3 is 6.18 Å². The van der Waals surface area contributed by atoms with Crippen molar-refractivity contribution in [3.63, 3.8) is 0 Å². The van der Waals surface area contributed by atoms with Crippen molar-refractivity contribution in [2.45, 2.75) is 13.1 Å². The van der Waals surface area contributed by atoms with Crippen LogP contribution >= 0.6 is 0 Å². The summed E-state index contributed by atoms with van der Waals surface area (Å²) in [5.41, 5.74) is 1.38. The third-order valence-electron chi connectivity index (χ3n) is 2.51. The normalized spacial score (nSPS) is 10.7. The van der Waals surface area contributed by atoms with Gasteiger partial charge in [-0.05, 0) is 0 Å². The van der Waals surface area contributed by atoms with Crippen LogP contribution in [0.15, 0.2) is 51.5 Å². The zero-order valence-corrected chi connectivity index (χ0v) is 12.4. The van der Waals surface area contributed by atoms with Gasteiger partial charge in [-0.1, -0.05) is 35.5 Å². The van der Waals surface area contributed by atoms with Crippen molar-refractivity contribution in [2.75, 3.05) is 5.32 Å².